The van der Waals surface area contributed by atoms with Crippen LogP contribution in [0.4, 0.5) is 4.39 Å². The number of nitrogens with zero attached hydrogens (tertiary/aromatic N) is 3. The Bertz CT molecular complexity index is 1370. The van der Waals surface area contributed by atoms with E-state index in [1.807, 2.05) is 42.7 Å². The molecule has 0 radical (unpaired) electrons. The van der Waals surface area contributed by atoms with Crippen molar-refractivity contribution in [1.82, 2.24) is 14.5 Å². The summed E-state index contributed by atoms with van der Waals surface area (Å²) in [6.07, 6.45) is 5.02. The van der Waals surface area contributed by atoms with Crippen LogP contribution >= 0.6 is 0 Å². The molecular formula is C27H24FN3O3. The first-order valence-electron chi connectivity index (χ1n) is 10.9. The highest BCUT2D eigenvalue weighted by molar-refractivity contribution is 6.00. The van der Waals surface area contributed by atoms with Crippen molar-refractivity contribution in [1.29, 1.82) is 0 Å². The zero-order valence-electron chi connectivity index (χ0n) is 19.0. The molecule has 0 atom stereocenters. The number of ketones is 1. The molecule has 0 unspecified atom stereocenters. The molecule has 7 heteroatoms. The van der Waals surface area contributed by atoms with E-state index in [1.54, 1.807) is 24.4 Å². The van der Waals surface area contributed by atoms with Crippen LogP contribution in [-0.4, -0.2) is 32.9 Å². The highest BCUT2D eigenvalue weighted by Gasteiger charge is 2.17. The van der Waals surface area contributed by atoms with E-state index in [0.29, 0.717) is 24.2 Å². The van der Waals surface area contributed by atoms with Crippen molar-refractivity contribution < 1.29 is 18.7 Å². The maximum Gasteiger partial charge on any atom is 0.331 e. The minimum Gasteiger partial charge on any atom is -0.454 e. The summed E-state index contributed by atoms with van der Waals surface area (Å²) in [7, 11) is 0. The van der Waals surface area contributed by atoms with Gasteiger partial charge in [-0.1, -0.05) is 24.3 Å². The summed E-state index contributed by atoms with van der Waals surface area (Å²) >= 11 is 0. The number of esters is 1. The van der Waals surface area contributed by atoms with E-state index in [-0.39, 0.29) is 18.2 Å². The van der Waals surface area contributed by atoms with Gasteiger partial charge < -0.3 is 9.30 Å². The Kier molecular flexibility index (Phi) is 6.92. The van der Waals surface area contributed by atoms with Crippen molar-refractivity contribution in [2.75, 3.05) is 6.61 Å². The third-order valence-corrected chi connectivity index (χ3v) is 5.61. The molecular weight excluding hydrogens is 433 g/mol. The highest BCUT2D eigenvalue weighted by atomic mass is 19.1. The summed E-state index contributed by atoms with van der Waals surface area (Å²) in [5.74, 6) is -1.17. The molecule has 4 aromatic rings. The molecule has 0 fully saturated rings. The molecule has 0 bridgehead atoms. The Morgan fingerprint density at radius 1 is 1.06 bits per heavy atom. The highest BCUT2D eigenvalue weighted by Crippen LogP contribution is 2.17. The van der Waals surface area contributed by atoms with Crippen LogP contribution in [0.15, 0.2) is 66.9 Å². The van der Waals surface area contributed by atoms with E-state index in [2.05, 4.69) is 9.97 Å². The lowest BCUT2D eigenvalue weighted by atomic mass is 10.1. The molecule has 0 saturated heterocycles. The Morgan fingerprint density at radius 2 is 1.79 bits per heavy atom. The van der Waals surface area contributed by atoms with Gasteiger partial charge in [0.15, 0.2) is 6.61 Å². The minimum atomic E-state index is -0.631. The average Bonchev–Trinajstić information content (AvgIpc) is 3.13. The first kappa shape index (κ1) is 23.0. The smallest absolute Gasteiger partial charge is 0.331 e. The van der Waals surface area contributed by atoms with Gasteiger partial charge in [0.1, 0.15) is 5.82 Å². The molecule has 34 heavy (non-hydrogen) atoms. The molecule has 2 aromatic heterocycles. The number of halogens is 1. The molecule has 0 aliphatic rings. The van der Waals surface area contributed by atoms with E-state index < -0.39 is 5.97 Å². The lowest BCUT2D eigenvalue weighted by molar-refractivity contribution is -0.136. The second-order valence-electron chi connectivity index (χ2n) is 7.96. The maximum absolute atomic E-state index is 13.1. The number of aromatic nitrogens is 3. The predicted octanol–water partition coefficient (Wildman–Crippen LogP) is 4.87. The molecule has 0 amide bonds. The Morgan fingerprint density at radius 3 is 2.56 bits per heavy atom. The fraction of sp³-hybridized carbons (Fsp3) is 0.185. The molecule has 0 N–H and O–H groups in total. The largest absolute Gasteiger partial charge is 0.454 e. The lowest BCUT2D eigenvalue weighted by Crippen LogP contribution is -2.14. The van der Waals surface area contributed by atoms with Gasteiger partial charge in [-0.2, -0.15) is 0 Å². The molecule has 4 rings (SSSR count). The summed E-state index contributed by atoms with van der Waals surface area (Å²) in [5.41, 5.74) is 5.29. The summed E-state index contributed by atoms with van der Waals surface area (Å²) in [4.78, 5) is 33.5. The van der Waals surface area contributed by atoms with Gasteiger partial charge in [-0.15, -0.1) is 0 Å². The number of hydrogen-bond acceptors (Lipinski definition) is 5. The van der Waals surface area contributed by atoms with Gasteiger partial charge >= 0.3 is 5.97 Å². The number of para-hydroxylation sites is 2. The van der Waals surface area contributed by atoms with Crippen molar-refractivity contribution >= 4 is 28.9 Å². The zero-order valence-corrected chi connectivity index (χ0v) is 19.0. The number of Topliss-reactive ketones (excluding diaryl/α,β-unsaturated/α-hetero) is 1. The predicted molar refractivity (Wildman–Crippen MR) is 128 cm³/mol. The first-order chi connectivity index (χ1) is 16.4. The van der Waals surface area contributed by atoms with E-state index in [1.165, 1.54) is 24.3 Å². The summed E-state index contributed by atoms with van der Waals surface area (Å²) in [6.45, 7) is 4.10. The number of ether oxygens (including phenoxy) is 1. The first-order valence-corrected chi connectivity index (χ1v) is 10.9. The van der Waals surface area contributed by atoms with Crippen LogP contribution in [0.3, 0.4) is 0 Å². The van der Waals surface area contributed by atoms with Crippen LogP contribution in [0, 0.1) is 19.7 Å². The second-order valence-corrected chi connectivity index (χ2v) is 7.96. The standard InChI is InChI=1S/C27H24FN3O3/c1-18-15-23(19(2)31(18)14-13-20-7-9-21(28)10-8-20)26(32)17-34-27(33)12-11-22-16-29-24-5-3-4-6-25(24)30-22/h3-12,15-16H,13-14,17H2,1-2H3. The topological polar surface area (TPSA) is 74.1 Å². The fourth-order valence-corrected chi connectivity index (χ4v) is 3.79. The van der Waals surface area contributed by atoms with Crippen molar-refractivity contribution in [3.8, 4) is 0 Å². The molecule has 0 saturated carbocycles. The second kappa shape index (κ2) is 10.2. The van der Waals surface area contributed by atoms with Crippen LogP contribution in [0.1, 0.15) is 33.0 Å². The number of aryl methyl sites for hydroxylation is 2. The molecule has 2 heterocycles. The number of carbonyl (C=O) groups is 2. The van der Waals surface area contributed by atoms with E-state index >= 15 is 0 Å². The molecule has 0 aliphatic heterocycles. The van der Waals surface area contributed by atoms with Gasteiger partial charge in [0, 0.05) is 29.6 Å². The van der Waals surface area contributed by atoms with Gasteiger partial charge in [-0.05, 0) is 62.2 Å². The van der Waals surface area contributed by atoms with Crippen molar-refractivity contribution in [3.05, 3.63) is 101 Å². The molecule has 2 aromatic carbocycles. The van der Waals surface area contributed by atoms with E-state index in [0.717, 1.165) is 28.0 Å². The van der Waals surface area contributed by atoms with E-state index in [4.69, 9.17) is 4.74 Å². The zero-order chi connectivity index (χ0) is 24.1. The van der Waals surface area contributed by atoms with Gasteiger partial charge in [0.2, 0.25) is 5.78 Å². The van der Waals surface area contributed by atoms with Crippen LogP contribution < -0.4 is 0 Å². The third-order valence-electron chi connectivity index (χ3n) is 5.61. The maximum atomic E-state index is 13.1. The van der Waals surface area contributed by atoms with Crippen molar-refractivity contribution in [3.63, 3.8) is 0 Å². The number of benzene rings is 2. The molecule has 6 nitrogen and oxygen atoms in total. The molecule has 172 valence electrons. The number of hydrogen-bond donors (Lipinski definition) is 0. The van der Waals surface area contributed by atoms with Crippen LogP contribution in [0.5, 0.6) is 0 Å². The Labute approximate surface area is 196 Å². The number of fused-ring (bicyclic) bond motifs is 1. The van der Waals surface area contributed by atoms with Crippen LogP contribution in [-0.2, 0) is 22.5 Å². The summed E-state index contributed by atoms with van der Waals surface area (Å²) in [5, 5.41) is 0. The summed E-state index contributed by atoms with van der Waals surface area (Å²) in [6, 6.07) is 15.6. The Balaban J connectivity index is 1.34. The average molecular weight is 458 g/mol. The Hall–Kier alpha value is -4.13. The van der Waals surface area contributed by atoms with Gasteiger partial charge in [-0.25, -0.2) is 14.2 Å². The van der Waals surface area contributed by atoms with Crippen LogP contribution in [0.2, 0.25) is 0 Å². The fourth-order valence-electron chi connectivity index (χ4n) is 3.79. The third kappa shape index (κ3) is 5.43. The minimum absolute atomic E-state index is 0.264. The summed E-state index contributed by atoms with van der Waals surface area (Å²) < 4.78 is 20.3. The molecule has 0 spiro atoms. The molecule has 0 aliphatic carbocycles. The van der Waals surface area contributed by atoms with Gasteiger partial charge in [0.25, 0.3) is 0 Å². The SMILES string of the molecule is Cc1cc(C(=O)COC(=O)C=Cc2cnc3ccccc3n2)c(C)n1CCc1ccc(F)cc1. The number of rotatable bonds is 8. The monoisotopic (exact) mass is 457 g/mol. The van der Waals surface area contributed by atoms with Crippen molar-refractivity contribution in [2.24, 2.45) is 0 Å². The van der Waals surface area contributed by atoms with Crippen LogP contribution in [0.25, 0.3) is 17.1 Å². The van der Waals surface area contributed by atoms with E-state index in [9.17, 15) is 14.0 Å². The van der Waals surface area contributed by atoms with Crippen molar-refractivity contribution in [2.45, 2.75) is 26.8 Å². The van der Waals surface area contributed by atoms with Gasteiger partial charge in [0.05, 0.1) is 22.9 Å². The number of carbonyl (C=O) groups excluding carboxylic acids is 2. The quantitative estimate of drug-likeness (QED) is 0.214. The lowest BCUT2D eigenvalue weighted by Gasteiger charge is -2.10. The van der Waals surface area contributed by atoms with Gasteiger partial charge in [-0.3, -0.25) is 9.78 Å². The normalized spacial score (nSPS) is 11.3.